The molecule has 0 radical (unpaired) electrons. The van der Waals surface area contributed by atoms with Crippen molar-refractivity contribution in [3.8, 4) is 0 Å². The number of piperazine rings is 1. The van der Waals surface area contributed by atoms with Gasteiger partial charge in [-0.2, -0.15) is 11.0 Å². The van der Waals surface area contributed by atoms with E-state index in [1.165, 1.54) is 56.9 Å². The predicted molar refractivity (Wildman–Crippen MR) is 144 cm³/mol. The minimum atomic E-state index is -1.13. The second kappa shape index (κ2) is 10.9. The first-order chi connectivity index (χ1) is 18.5. The summed E-state index contributed by atoms with van der Waals surface area (Å²) < 4.78 is 0. The van der Waals surface area contributed by atoms with E-state index in [-0.39, 0.29) is 17.4 Å². The maximum atomic E-state index is 13.2. The van der Waals surface area contributed by atoms with Crippen molar-refractivity contribution in [2.75, 3.05) is 26.2 Å². The summed E-state index contributed by atoms with van der Waals surface area (Å²) in [5.74, 6) is 0.955. The van der Waals surface area contributed by atoms with Crippen LogP contribution in [0.15, 0.2) is 24.3 Å². The monoisotopic (exact) mass is 524 g/mol. The molecule has 208 valence electrons. The zero-order chi connectivity index (χ0) is 26.2. The highest BCUT2D eigenvalue weighted by molar-refractivity contribution is 5.94. The molecule has 2 aliphatic heterocycles. The molecular weight excluding hydrogens is 480 g/mol. The summed E-state index contributed by atoms with van der Waals surface area (Å²) in [7, 11) is 0. The molecule has 6 rings (SSSR count). The third-order valence-electron chi connectivity index (χ3n) is 10.2. The number of hydrogen-bond acceptors (Lipinski definition) is 6. The van der Waals surface area contributed by atoms with Crippen LogP contribution in [0.3, 0.4) is 0 Å². The van der Waals surface area contributed by atoms with Crippen LogP contribution in [0.2, 0.25) is 0 Å². The molecule has 3 unspecified atom stereocenters. The number of benzene rings is 1. The van der Waals surface area contributed by atoms with Crippen molar-refractivity contribution in [3.05, 3.63) is 35.4 Å². The molecule has 38 heavy (non-hydrogen) atoms. The molecule has 8 heteroatoms. The Kier molecular flexibility index (Phi) is 7.51. The van der Waals surface area contributed by atoms with Crippen LogP contribution in [0.4, 0.5) is 0 Å². The molecule has 3 N–H and O–H groups in total. The van der Waals surface area contributed by atoms with Crippen molar-refractivity contribution >= 4 is 11.8 Å². The van der Waals surface area contributed by atoms with Gasteiger partial charge in [0, 0.05) is 31.7 Å². The van der Waals surface area contributed by atoms with E-state index in [2.05, 4.69) is 23.1 Å². The van der Waals surface area contributed by atoms with Crippen molar-refractivity contribution in [2.24, 2.45) is 5.92 Å². The number of nitrogens with one attached hydrogen (secondary N) is 2. The Morgan fingerprint density at radius 3 is 2.13 bits per heavy atom. The second-order valence-electron chi connectivity index (χ2n) is 12.5. The van der Waals surface area contributed by atoms with E-state index in [1.54, 1.807) is 4.90 Å². The molecule has 1 aromatic carbocycles. The van der Waals surface area contributed by atoms with Gasteiger partial charge >= 0.3 is 0 Å². The second-order valence-corrected chi connectivity index (χ2v) is 12.5. The molecule has 2 saturated heterocycles. The van der Waals surface area contributed by atoms with Gasteiger partial charge in [-0.3, -0.25) is 9.59 Å². The van der Waals surface area contributed by atoms with Crippen LogP contribution in [-0.4, -0.2) is 70.1 Å². The van der Waals surface area contributed by atoms with Crippen molar-refractivity contribution in [1.82, 2.24) is 20.8 Å². The van der Waals surface area contributed by atoms with Gasteiger partial charge in [-0.05, 0) is 74.5 Å². The normalized spacial score (nSPS) is 32.1. The fourth-order valence-electron chi connectivity index (χ4n) is 7.51. The van der Waals surface area contributed by atoms with E-state index < -0.39 is 5.60 Å². The summed E-state index contributed by atoms with van der Waals surface area (Å²) >= 11 is 0. The highest BCUT2D eigenvalue weighted by Gasteiger charge is 2.53. The lowest BCUT2D eigenvalue weighted by molar-refractivity contribution is -0.143. The van der Waals surface area contributed by atoms with Gasteiger partial charge in [0.2, 0.25) is 0 Å². The van der Waals surface area contributed by atoms with E-state index in [1.807, 2.05) is 17.0 Å². The first-order valence-electron chi connectivity index (χ1n) is 15.1. The number of fused-ring (bicyclic) bond motifs is 1. The van der Waals surface area contributed by atoms with Crippen LogP contribution in [0.25, 0.3) is 0 Å². The molecule has 0 spiro atoms. The number of carbonyl (C=O) groups is 2. The Morgan fingerprint density at radius 1 is 0.842 bits per heavy atom. The van der Waals surface area contributed by atoms with Gasteiger partial charge in [-0.25, -0.2) is 4.94 Å². The van der Waals surface area contributed by atoms with E-state index >= 15 is 0 Å². The SMILES string of the molecule is O=C(c1ccc(C2CCC3(C4CCCCCCCC4)NONC3C2)cc1)N1CCN(C(=O)C2(O)CC2)CC1. The fraction of sp³-hybridized carbons (Fsp3) is 0.733. The van der Waals surface area contributed by atoms with Crippen LogP contribution in [0.1, 0.15) is 105 Å². The van der Waals surface area contributed by atoms with Crippen LogP contribution in [-0.2, 0) is 9.73 Å². The number of hydroxylamine groups is 2. The number of carbonyl (C=O) groups excluding carboxylic acids is 2. The Hall–Kier alpha value is -2.00. The molecule has 0 bridgehead atoms. The van der Waals surface area contributed by atoms with Crippen LogP contribution in [0, 0.1) is 5.92 Å². The summed E-state index contributed by atoms with van der Waals surface area (Å²) in [6, 6.07) is 8.52. The van der Waals surface area contributed by atoms with Crippen molar-refractivity contribution < 1.29 is 19.6 Å². The topological polar surface area (TPSA) is 94.1 Å². The van der Waals surface area contributed by atoms with Crippen LogP contribution >= 0.6 is 0 Å². The minimum absolute atomic E-state index is 0.0201. The van der Waals surface area contributed by atoms with Gasteiger partial charge in [0.15, 0.2) is 0 Å². The molecule has 3 aliphatic carbocycles. The molecule has 1 aromatic rings. The molecule has 0 aromatic heterocycles. The maximum absolute atomic E-state index is 13.2. The largest absolute Gasteiger partial charge is 0.380 e. The Morgan fingerprint density at radius 2 is 1.47 bits per heavy atom. The van der Waals surface area contributed by atoms with Crippen molar-refractivity contribution in [2.45, 2.75) is 107 Å². The molecule has 5 fully saturated rings. The van der Waals surface area contributed by atoms with Crippen molar-refractivity contribution in [3.63, 3.8) is 0 Å². The summed E-state index contributed by atoms with van der Waals surface area (Å²) in [4.78, 5) is 34.8. The van der Waals surface area contributed by atoms with Gasteiger partial charge in [-0.15, -0.1) is 0 Å². The zero-order valence-electron chi connectivity index (χ0n) is 22.6. The highest BCUT2D eigenvalue weighted by atomic mass is 16.8. The van der Waals surface area contributed by atoms with Crippen LogP contribution in [0.5, 0.6) is 0 Å². The lowest BCUT2D eigenvalue weighted by atomic mass is 9.64. The lowest BCUT2D eigenvalue weighted by Gasteiger charge is -2.45. The van der Waals surface area contributed by atoms with E-state index in [4.69, 9.17) is 4.94 Å². The van der Waals surface area contributed by atoms with Gasteiger partial charge in [0.1, 0.15) is 5.60 Å². The highest BCUT2D eigenvalue weighted by Crippen LogP contribution is 2.46. The Balaban J connectivity index is 1.05. The standard InChI is InChI=1S/C30H44N4O4/c35-27(33-17-19-34(20-18-33)28(36)29(37)15-16-29)23-11-9-22(10-12-23)24-13-14-30(26(21-24)31-38-32-30)25-7-5-3-1-2-4-6-8-25/h9-12,24-26,31-32,37H,1-8,13-21H2. The summed E-state index contributed by atoms with van der Waals surface area (Å²) in [5.41, 5.74) is 7.70. The average Bonchev–Trinajstić information content (AvgIpc) is 3.52. The van der Waals surface area contributed by atoms with Crippen LogP contribution < -0.4 is 11.0 Å². The smallest absolute Gasteiger partial charge is 0.254 e. The maximum Gasteiger partial charge on any atom is 0.254 e. The quantitative estimate of drug-likeness (QED) is 0.557. The zero-order valence-corrected chi connectivity index (χ0v) is 22.6. The number of hydrogen-bond donors (Lipinski definition) is 3. The summed E-state index contributed by atoms with van der Waals surface area (Å²) in [6.07, 6.45) is 15.1. The number of amides is 2. The Bertz CT molecular complexity index is 994. The first-order valence-corrected chi connectivity index (χ1v) is 15.1. The third-order valence-corrected chi connectivity index (χ3v) is 10.2. The van der Waals surface area contributed by atoms with Gasteiger partial charge < -0.3 is 14.9 Å². The third kappa shape index (κ3) is 5.12. The van der Waals surface area contributed by atoms with Crippen molar-refractivity contribution in [1.29, 1.82) is 0 Å². The summed E-state index contributed by atoms with van der Waals surface area (Å²) in [6.45, 7) is 1.99. The Labute approximate surface area is 226 Å². The molecule has 5 aliphatic rings. The molecule has 3 atom stereocenters. The van der Waals surface area contributed by atoms with Gasteiger partial charge in [-0.1, -0.05) is 50.7 Å². The number of aliphatic hydroxyl groups is 1. The molecule has 2 heterocycles. The lowest BCUT2D eigenvalue weighted by Crippen LogP contribution is -2.57. The predicted octanol–water partition coefficient (Wildman–Crippen LogP) is 3.66. The molecular formula is C30H44N4O4. The van der Waals surface area contributed by atoms with E-state index in [0.717, 1.165) is 19.3 Å². The fourth-order valence-corrected chi connectivity index (χ4v) is 7.51. The minimum Gasteiger partial charge on any atom is -0.380 e. The van der Waals surface area contributed by atoms with E-state index in [0.29, 0.717) is 62.5 Å². The van der Waals surface area contributed by atoms with E-state index in [9.17, 15) is 14.7 Å². The van der Waals surface area contributed by atoms with Gasteiger partial charge in [0.05, 0.1) is 11.6 Å². The molecule has 2 amide bonds. The first kappa shape index (κ1) is 26.2. The molecule has 8 nitrogen and oxygen atoms in total. The molecule has 3 saturated carbocycles. The number of rotatable bonds is 4. The van der Waals surface area contributed by atoms with Gasteiger partial charge in [0.25, 0.3) is 11.8 Å². The number of nitrogens with zero attached hydrogens (tertiary/aromatic N) is 2. The summed E-state index contributed by atoms with van der Waals surface area (Å²) in [5, 5.41) is 10.1. The average molecular weight is 525 g/mol.